The van der Waals surface area contributed by atoms with Gasteiger partial charge < -0.3 is 14.8 Å². The van der Waals surface area contributed by atoms with Gasteiger partial charge >= 0.3 is 5.97 Å². The highest BCUT2D eigenvalue weighted by molar-refractivity contribution is 8.18. The van der Waals surface area contributed by atoms with Crippen LogP contribution in [0.15, 0.2) is 126 Å². The molecule has 0 saturated carbocycles. The predicted molar refractivity (Wildman–Crippen MR) is 178 cm³/mol. The number of hydrogen-bond acceptors (Lipinski definition) is 8. The molecule has 2 atom stereocenters. The number of thioether (sulfide) groups is 2. The number of nitrogens with zero attached hydrogens (tertiary/aromatic N) is 1. The van der Waals surface area contributed by atoms with E-state index in [4.69, 9.17) is 9.47 Å². The van der Waals surface area contributed by atoms with Gasteiger partial charge in [0, 0.05) is 16.2 Å². The monoisotopic (exact) mass is 650 g/mol. The van der Waals surface area contributed by atoms with E-state index in [0.29, 0.717) is 16.2 Å². The Morgan fingerprint density at radius 1 is 0.870 bits per heavy atom. The fourth-order valence-electron chi connectivity index (χ4n) is 5.31. The Labute approximate surface area is 275 Å². The zero-order valence-corrected chi connectivity index (χ0v) is 26.5. The summed E-state index contributed by atoms with van der Waals surface area (Å²) in [4.78, 5) is 55.8. The molecule has 1 fully saturated rings. The number of fused-ring (bicyclic) bond motifs is 1. The lowest BCUT2D eigenvalue weighted by molar-refractivity contribution is -0.154. The summed E-state index contributed by atoms with van der Waals surface area (Å²) in [5, 5.41) is 2.03. The number of hydrogen-bond donors (Lipinski definition) is 1. The van der Waals surface area contributed by atoms with Crippen LogP contribution >= 0.6 is 23.5 Å². The van der Waals surface area contributed by atoms with Gasteiger partial charge in [0.15, 0.2) is 6.10 Å². The fourth-order valence-corrected chi connectivity index (χ4v) is 7.70. The van der Waals surface area contributed by atoms with Gasteiger partial charge in [0.2, 0.25) is 11.0 Å². The van der Waals surface area contributed by atoms with Crippen LogP contribution in [0.5, 0.6) is 5.75 Å². The van der Waals surface area contributed by atoms with Crippen LogP contribution in [0.4, 0.5) is 0 Å². The summed E-state index contributed by atoms with van der Waals surface area (Å²) in [6.07, 6.45) is -0.628. The van der Waals surface area contributed by atoms with Crippen molar-refractivity contribution in [3.63, 3.8) is 0 Å². The van der Waals surface area contributed by atoms with Crippen molar-refractivity contribution >= 4 is 46.4 Å². The van der Waals surface area contributed by atoms with Crippen molar-refractivity contribution < 1.29 is 28.7 Å². The molecule has 2 heterocycles. The van der Waals surface area contributed by atoms with Crippen molar-refractivity contribution in [1.29, 1.82) is 0 Å². The Balaban J connectivity index is 1.29. The molecule has 232 valence electrons. The van der Waals surface area contributed by atoms with E-state index in [-0.39, 0.29) is 28.9 Å². The zero-order chi connectivity index (χ0) is 32.0. The van der Waals surface area contributed by atoms with E-state index < -0.39 is 29.4 Å². The second-order valence-corrected chi connectivity index (χ2v) is 12.8. The molecule has 1 saturated heterocycles. The molecule has 1 unspecified atom stereocenters. The molecule has 2 aliphatic rings. The number of methoxy groups -OCH3 is 1. The molecular weight excluding hydrogens is 621 g/mol. The van der Waals surface area contributed by atoms with E-state index in [2.05, 4.69) is 5.32 Å². The Kier molecular flexibility index (Phi) is 9.56. The maximum atomic E-state index is 14.2. The number of carbonyl (C=O) groups is 4. The van der Waals surface area contributed by atoms with Crippen LogP contribution in [0.25, 0.3) is 0 Å². The molecule has 8 nitrogen and oxygen atoms in total. The summed E-state index contributed by atoms with van der Waals surface area (Å²) in [6.45, 7) is 0. The maximum absolute atomic E-state index is 14.2. The second kappa shape index (κ2) is 14.1. The minimum Gasteiger partial charge on any atom is -0.497 e. The summed E-state index contributed by atoms with van der Waals surface area (Å²) in [7, 11) is 1.55. The summed E-state index contributed by atoms with van der Waals surface area (Å²) < 4.78 is 11.4. The Morgan fingerprint density at radius 2 is 1.46 bits per heavy atom. The van der Waals surface area contributed by atoms with Crippen LogP contribution in [0, 0.1) is 0 Å². The Hall–Kier alpha value is -4.80. The molecule has 0 spiro atoms. The highest BCUT2D eigenvalue weighted by Crippen LogP contribution is 2.45. The SMILES string of the molecule is COc1ccc(C(=O)SC2=C(C(=O)OC(c3ccccc3)c3ccccc3)N3C(=O)C(NC(=O)Cc4ccccc4)[C@@H]3SC2)cc1. The largest absolute Gasteiger partial charge is 0.497 e. The number of β-lactam (4-membered cyclic amide) rings is 1. The third-order valence-electron chi connectivity index (χ3n) is 7.62. The molecule has 2 aliphatic heterocycles. The first-order valence-corrected chi connectivity index (χ1v) is 16.5. The van der Waals surface area contributed by atoms with Crippen LogP contribution in [0.1, 0.15) is 33.2 Å². The first-order valence-electron chi connectivity index (χ1n) is 14.6. The molecule has 2 amide bonds. The topological polar surface area (TPSA) is 102 Å². The van der Waals surface area contributed by atoms with Crippen LogP contribution in [-0.2, 0) is 25.5 Å². The standard InChI is InChI=1S/C36H30N2O6S2/c1-43-27-19-17-26(18-20-27)36(42)46-28-22-45-34-30(37-29(39)21-23-11-5-2-6-12-23)33(40)38(34)31(28)35(41)44-32(24-13-7-3-8-14-24)25-15-9-4-10-16-25/h2-20,30,32,34H,21-22H2,1H3,(H,37,39)/t30?,34-/m0/s1. The van der Waals surface area contributed by atoms with Crippen molar-refractivity contribution in [2.24, 2.45) is 0 Å². The van der Waals surface area contributed by atoms with E-state index in [0.717, 1.165) is 28.5 Å². The lowest BCUT2D eigenvalue weighted by Crippen LogP contribution is -2.70. The van der Waals surface area contributed by atoms with Crippen LogP contribution in [-0.4, -0.2) is 52.1 Å². The molecule has 0 radical (unpaired) electrons. The van der Waals surface area contributed by atoms with E-state index in [1.165, 1.54) is 16.7 Å². The molecule has 6 rings (SSSR count). The van der Waals surface area contributed by atoms with Crippen molar-refractivity contribution in [3.8, 4) is 5.75 Å². The van der Waals surface area contributed by atoms with Gasteiger partial charge in [0.25, 0.3) is 5.91 Å². The molecule has 46 heavy (non-hydrogen) atoms. The fraction of sp³-hybridized carbons (Fsp3) is 0.167. The number of nitrogens with one attached hydrogen (secondary N) is 1. The molecular formula is C36H30N2O6S2. The third kappa shape index (κ3) is 6.73. The lowest BCUT2D eigenvalue weighted by Gasteiger charge is -2.49. The number of ether oxygens (including phenoxy) is 2. The normalized spacial score (nSPS) is 17.2. The van der Waals surface area contributed by atoms with Gasteiger partial charge in [0.05, 0.1) is 13.5 Å². The van der Waals surface area contributed by atoms with Crippen molar-refractivity contribution in [2.45, 2.75) is 23.9 Å². The second-order valence-electron chi connectivity index (χ2n) is 10.6. The summed E-state index contributed by atoms with van der Waals surface area (Å²) in [5.41, 5.74) is 2.78. The van der Waals surface area contributed by atoms with Crippen LogP contribution in [0.3, 0.4) is 0 Å². The summed E-state index contributed by atoms with van der Waals surface area (Å²) in [6, 6.07) is 33.8. The molecule has 10 heteroatoms. The molecule has 1 N–H and O–H groups in total. The molecule has 4 aromatic carbocycles. The molecule has 0 aliphatic carbocycles. The first kappa shape index (κ1) is 31.2. The van der Waals surface area contributed by atoms with Gasteiger partial charge in [-0.1, -0.05) is 91.0 Å². The van der Waals surface area contributed by atoms with E-state index in [1.54, 1.807) is 31.4 Å². The van der Waals surface area contributed by atoms with Gasteiger partial charge in [-0.05, 0) is 52.7 Å². The Bertz CT molecular complexity index is 1730. The van der Waals surface area contributed by atoms with E-state index in [1.807, 2.05) is 91.0 Å². The van der Waals surface area contributed by atoms with Gasteiger partial charge in [-0.3, -0.25) is 19.3 Å². The van der Waals surface area contributed by atoms with Crippen molar-refractivity contribution in [1.82, 2.24) is 10.2 Å². The number of amides is 2. The number of benzene rings is 4. The van der Waals surface area contributed by atoms with Crippen molar-refractivity contribution in [3.05, 3.63) is 148 Å². The number of esters is 1. The molecule has 0 aromatic heterocycles. The smallest absolute Gasteiger partial charge is 0.356 e. The van der Waals surface area contributed by atoms with Crippen LogP contribution in [0.2, 0.25) is 0 Å². The predicted octanol–water partition coefficient (Wildman–Crippen LogP) is 5.76. The minimum atomic E-state index is -0.813. The number of rotatable bonds is 10. The zero-order valence-electron chi connectivity index (χ0n) is 24.8. The average Bonchev–Trinajstić information content (AvgIpc) is 3.10. The molecule has 0 bridgehead atoms. The highest BCUT2D eigenvalue weighted by Gasteiger charge is 2.55. The van der Waals surface area contributed by atoms with E-state index in [9.17, 15) is 19.2 Å². The summed E-state index contributed by atoms with van der Waals surface area (Å²) in [5.74, 6) is -0.564. The maximum Gasteiger partial charge on any atom is 0.356 e. The number of carbonyl (C=O) groups excluding carboxylic acids is 4. The quantitative estimate of drug-likeness (QED) is 0.171. The average molecular weight is 651 g/mol. The van der Waals surface area contributed by atoms with Crippen molar-refractivity contribution in [2.75, 3.05) is 12.9 Å². The van der Waals surface area contributed by atoms with Gasteiger partial charge in [-0.25, -0.2) is 4.79 Å². The van der Waals surface area contributed by atoms with Gasteiger partial charge in [-0.15, -0.1) is 11.8 Å². The van der Waals surface area contributed by atoms with Gasteiger partial charge in [0.1, 0.15) is 22.9 Å². The highest BCUT2D eigenvalue weighted by atomic mass is 32.2. The first-order chi connectivity index (χ1) is 22.4. The Morgan fingerprint density at radius 3 is 2.04 bits per heavy atom. The third-order valence-corrected chi connectivity index (χ3v) is 10.1. The van der Waals surface area contributed by atoms with Gasteiger partial charge in [-0.2, -0.15) is 0 Å². The van der Waals surface area contributed by atoms with Crippen LogP contribution < -0.4 is 10.1 Å². The molecule has 4 aromatic rings. The summed E-state index contributed by atoms with van der Waals surface area (Å²) >= 11 is 2.29. The lowest BCUT2D eigenvalue weighted by atomic mass is 10.0. The minimum absolute atomic E-state index is 0.0195. The van der Waals surface area contributed by atoms with E-state index >= 15 is 0 Å².